The van der Waals surface area contributed by atoms with Gasteiger partial charge in [0.25, 0.3) is 11.8 Å². The fourth-order valence-corrected chi connectivity index (χ4v) is 4.13. The fourth-order valence-electron chi connectivity index (χ4n) is 3.60. The molecule has 0 saturated heterocycles. The molecule has 0 unspecified atom stereocenters. The first kappa shape index (κ1) is 18.9. The van der Waals surface area contributed by atoms with Crippen LogP contribution in [-0.4, -0.2) is 21.8 Å². The average molecular weight is 404 g/mol. The Balaban J connectivity index is 1.84. The predicted molar refractivity (Wildman–Crippen MR) is 116 cm³/mol. The Labute approximate surface area is 171 Å². The van der Waals surface area contributed by atoms with Crippen LogP contribution in [0.1, 0.15) is 38.2 Å². The van der Waals surface area contributed by atoms with Crippen molar-refractivity contribution in [2.24, 2.45) is 5.73 Å². The lowest BCUT2D eigenvalue weighted by molar-refractivity contribution is 0.0998. The number of primary amides is 1. The predicted octanol–water partition coefficient (Wildman–Crippen LogP) is 4.51. The summed E-state index contributed by atoms with van der Waals surface area (Å²) in [5.41, 5.74) is 11.5. The number of nitrogens with two attached hydrogens (primary N) is 1. The molecular formula is C22H20N4O2S. The molecule has 0 bridgehead atoms. The maximum Gasteiger partial charge on any atom is 0.284 e. The molecule has 4 rings (SSSR count). The van der Waals surface area contributed by atoms with E-state index in [0.29, 0.717) is 10.6 Å². The number of nitrogens with zero attached hydrogens (tertiary/aromatic N) is 1. The Morgan fingerprint density at radius 3 is 2.72 bits per heavy atom. The van der Waals surface area contributed by atoms with Crippen LogP contribution in [0.3, 0.4) is 0 Å². The van der Waals surface area contributed by atoms with E-state index in [4.69, 9.17) is 5.73 Å². The van der Waals surface area contributed by atoms with Gasteiger partial charge in [0.05, 0.1) is 11.1 Å². The number of fused-ring (bicyclic) bond motifs is 1. The number of aryl methyl sites for hydroxylation is 1. The molecular weight excluding hydrogens is 384 g/mol. The summed E-state index contributed by atoms with van der Waals surface area (Å²) in [5.74, 6) is -0.697. The molecule has 146 valence electrons. The monoisotopic (exact) mass is 404 g/mol. The zero-order chi connectivity index (χ0) is 20.5. The average Bonchev–Trinajstić information content (AvgIpc) is 3.39. The Bertz CT molecular complexity index is 1230. The van der Waals surface area contributed by atoms with Crippen molar-refractivity contribution in [1.29, 1.82) is 0 Å². The lowest BCUT2D eigenvalue weighted by Crippen LogP contribution is -2.13. The van der Waals surface area contributed by atoms with Crippen molar-refractivity contribution in [3.8, 4) is 11.1 Å². The summed E-state index contributed by atoms with van der Waals surface area (Å²) in [4.78, 5) is 31.6. The summed E-state index contributed by atoms with van der Waals surface area (Å²) in [6.45, 7) is 4.04. The molecule has 0 aliphatic heterocycles. The van der Waals surface area contributed by atoms with E-state index in [0.717, 1.165) is 45.3 Å². The van der Waals surface area contributed by atoms with Gasteiger partial charge in [-0.15, -0.1) is 11.3 Å². The van der Waals surface area contributed by atoms with Crippen LogP contribution in [0.4, 0.5) is 5.69 Å². The summed E-state index contributed by atoms with van der Waals surface area (Å²) in [5, 5.41) is 6.12. The standard InChI is InChI=1S/C22H20N4O2S/c1-3-13-11-25-19-16(20(23)27)8-7-15(18(13)19)14-5-4-6-17(12(14)2)26-21(28)22-24-9-10-29-22/h4-11,25H,3H2,1-2H3,(H2,23,27)(H,26,28). The zero-order valence-corrected chi connectivity index (χ0v) is 16.9. The third-order valence-corrected chi connectivity index (χ3v) is 5.83. The number of carbonyl (C=O) groups is 2. The molecule has 0 atom stereocenters. The maximum atomic E-state index is 12.4. The number of aromatic nitrogens is 2. The summed E-state index contributed by atoms with van der Waals surface area (Å²) < 4.78 is 0. The van der Waals surface area contributed by atoms with Crippen LogP contribution >= 0.6 is 11.3 Å². The largest absolute Gasteiger partial charge is 0.366 e. The Kier molecular flexibility index (Phi) is 4.90. The van der Waals surface area contributed by atoms with Crippen LogP contribution in [0.25, 0.3) is 22.0 Å². The zero-order valence-electron chi connectivity index (χ0n) is 16.1. The fraction of sp³-hybridized carbons (Fsp3) is 0.136. The minimum absolute atomic E-state index is 0.231. The SMILES string of the molecule is CCc1c[nH]c2c(C(N)=O)ccc(-c3cccc(NC(=O)c4nccs4)c3C)c12. The molecule has 0 aliphatic carbocycles. The first-order valence-electron chi connectivity index (χ1n) is 9.24. The number of aromatic amines is 1. The van der Waals surface area contributed by atoms with Crippen molar-refractivity contribution >= 4 is 39.7 Å². The van der Waals surface area contributed by atoms with Crippen molar-refractivity contribution in [3.05, 3.63) is 69.8 Å². The van der Waals surface area contributed by atoms with Crippen molar-refractivity contribution in [1.82, 2.24) is 9.97 Å². The minimum atomic E-state index is -0.466. The number of H-pyrrole nitrogens is 1. The van der Waals surface area contributed by atoms with Gasteiger partial charge in [-0.25, -0.2) is 4.98 Å². The molecule has 6 nitrogen and oxygen atoms in total. The molecule has 2 heterocycles. The van der Waals surface area contributed by atoms with E-state index < -0.39 is 5.91 Å². The second kappa shape index (κ2) is 7.52. The van der Waals surface area contributed by atoms with Gasteiger partial charge in [-0.1, -0.05) is 25.1 Å². The second-order valence-electron chi connectivity index (χ2n) is 6.71. The number of anilines is 1. The van der Waals surface area contributed by atoms with E-state index in [1.165, 1.54) is 11.3 Å². The van der Waals surface area contributed by atoms with Gasteiger partial charge in [0.15, 0.2) is 5.01 Å². The van der Waals surface area contributed by atoms with Gasteiger partial charge in [-0.2, -0.15) is 0 Å². The molecule has 4 aromatic rings. The third-order valence-electron chi connectivity index (χ3n) is 5.06. The van der Waals surface area contributed by atoms with E-state index >= 15 is 0 Å². The highest BCUT2D eigenvalue weighted by molar-refractivity contribution is 7.11. The summed E-state index contributed by atoms with van der Waals surface area (Å²) in [7, 11) is 0. The van der Waals surface area contributed by atoms with Gasteiger partial charge in [0.2, 0.25) is 0 Å². The molecule has 0 spiro atoms. The number of rotatable bonds is 5. The third kappa shape index (κ3) is 3.30. The Hall–Kier alpha value is -3.45. The topological polar surface area (TPSA) is 101 Å². The van der Waals surface area contributed by atoms with Crippen LogP contribution in [-0.2, 0) is 6.42 Å². The van der Waals surface area contributed by atoms with Crippen LogP contribution in [0.2, 0.25) is 0 Å². The van der Waals surface area contributed by atoms with E-state index in [1.807, 2.05) is 37.4 Å². The lowest BCUT2D eigenvalue weighted by atomic mass is 9.92. The van der Waals surface area contributed by atoms with Gasteiger partial charge < -0.3 is 16.0 Å². The van der Waals surface area contributed by atoms with Crippen LogP contribution in [0.15, 0.2) is 48.1 Å². The van der Waals surface area contributed by atoms with E-state index in [2.05, 4.69) is 22.2 Å². The highest BCUT2D eigenvalue weighted by Crippen LogP contribution is 2.37. The van der Waals surface area contributed by atoms with Gasteiger partial charge >= 0.3 is 0 Å². The van der Waals surface area contributed by atoms with Gasteiger partial charge in [0.1, 0.15) is 0 Å². The van der Waals surface area contributed by atoms with Crippen molar-refractivity contribution in [2.45, 2.75) is 20.3 Å². The molecule has 29 heavy (non-hydrogen) atoms. The highest BCUT2D eigenvalue weighted by atomic mass is 32.1. The van der Waals surface area contributed by atoms with Crippen LogP contribution in [0.5, 0.6) is 0 Å². The number of carbonyl (C=O) groups excluding carboxylic acids is 2. The quantitative estimate of drug-likeness (QED) is 0.456. The van der Waals surface area contributed by atoms with Crippen LogP contribution < -0.4 is 11.1 Å². The first-order chi connectivity index (χ1) is 14.0. The lowest BCUT2D eigenvalue weighted by Gasteiger charge is -2.14. The number of hydrogen-bond donors (Lipinski definition) is 3. The molecule has 0 fully saturated rings. The Morgan fingerprint density at radius 1 is 1.21 bits per heavy atom. The van der Waals surface area contributed by atoms with Crippen LogP contribution in [0, 0.1) is 6.92 Å². The molecule has 0 aliphatic rings. The molecule has 2 aromatic heterocycles. The smallest absolute Gasteiger partial charge is 0.284 e. The molecule has 7 heteroatoms. The number of benzene rings is 2. The van der Waals surface area contributed by atoms with Crippen molar-refractivity contribution in [2.75, 3.05) is 5.32 Å². The summed E-state index contributed by atoms with van der Waals surface area (Å²) >= 11 is 1.30. The maximum absolute atomic E-state index is 12.4. The molecule has 0 saturated carbocycles. The van der Waals surface area contributed by atoms with Crippen molar-refractivity contribution < 1.29 is 9.59 Å². The molecule has 0 radical (unpaired) electrons. The van der Waals surface area contributed by atoms with E-state index in [9.17, 15) is 9.59 Å². The number of hydrogen-bond acceptors (Lipinski definition) is 4. The number of amides is 2. The number of thiazole rings is 1. The Morgan fingerprint density at radius 2 is 2.03 bits per heavy atom. The molecule has 2 aromatic carbocycles. The molecule has 4 N–H and O–H groups in total. The summed E-state index contributed by atoms with van der Waals surface area (Å²) in [6.07, 6.45) is 4.34. The highest BCUT2D eigenvalue weighted by Gasteiger charge is 2.18. The first-order valence-corrected chi connectivity index (χ1v) is 10.1. The number of nitrogens with one attached hydrogen (secondary N) is 2. The normalized spacial score (nSPS) is 11.0. The molecule has 2 amide bonds. The second-order valence-corrected chi connectivity index (χ2v) is 7.61. The van der Waals surface area contributed by atoms with Gasteiger partial charge in [-0.3, -0.25) is 9.59 Å². The van der Waals surface area contributed by atoms with Gasteiger partial charge in [0, 0.05) is 28.8 Å². The summed E-state index contributed by atoms with van der Waals surface area (Å²) in [6, 6.07) is 9.46. The minimum Gasteiger partial charge on any atom is -0.366 e. The van der Waals surface area contributed by atoms with E-state index in [1.54, 1.807) is 17.6 Å². The van der Waals surface area contributed by atoms with Gasteiger partial charge in [-0.05, 0) is 47.7 Å². The van der Waals surface area contributed by atoms with Crippen molar-refractivity contribution in [3.63, 3.8) is 0 Å². The van der Waals surface area contributed by atoms with E-state index in [-0.39, 0.29) is 5.91 Å².